The van der Waals surface area contributed by atoms with E-state index in [1.54, 1.807) is 0 Å². The minimum atomic E-state index is 0.304. The average Bonchev–Trinajstić information content (AvgIpc) is 2.26. The van der Waals surface area contributed by atoms with Crippen LogP contribution in [-0.4, -0.2) is 32.3 Å². The predicted molar refractivity (Wildman–Crippen MR) is 68.5 cm³/mol. The van der Waals surface area contributed by atoms with Crippen molar-refractivity contribution in [3.63, 3.8) is 0 Å². The Labute approximate surface area is 100 Å². The molecule has 0 saturated carbocycles. The van der Waals surface area contributed by atoms with Gasteiger partial charge in [0.25, 0.3) is 0 Å². The Morgan fingerprint density at radius 3 is 2.56 bits per heavy atom. The van der Waals surface area contributed by atoms with Crippen molar-refractivity contribution in [3.8, 4) is 0 Å². The van der Waals surface area contributed by atoms with E-state index in [0.29, 0.717) is 11.5 Å². The van der Waals surface area contributed by atoms with Crippen LogP contribution in [0.1, 0.15) is 40.0 Å². The van der Waals surface area contributed by atoms with Gasteiger partial charge < -0.3 is 15.8 Å². The summed E-state index contributed by atoms with van der Waals surface area (Å²) in [6.45, 7) is 10.8. The van der Waals surface area contributed by atoms with Gasteiger partial charge in [0, 0.05) is 25.8 Å². The summed E-state index contributed by atoms with van der Waals surface area (Å²) in [6, 6.07) is 0.304. The highest BCUT2D eigenvalue weighted by Gasteiger charge is 2.30. The van der Waals surface area contributed by atoms with Crippen molar-refractivity contribution >= 4 is 0 Å². The van der Waals surface area contributed by atoms with Crippen LogP contribution in [0.15, 0.2) is 0 Å². The lowest BCUT2D eigenvalue weighted by molar-refractivity contribution is 0.0228. The fraction of sp³-hybridized carbons (Fsp3) is 1.00. The second-order valence-corrected chi connectivity index (χ2v) is 5.82. The molecule has 1 fully saturated rings. The van der Waals surface area contributed by atoms with Crippen molar-refractivity contribution in [2.75, 3.05) is 26.3 Å². The maximum Gasteiger partial charge on any atom is 0.0468 e. The third-order valence-corrected chi connectivity index (χ3v) is 3.68. The monoisotopic (exact) mass is 228 g/mol. The first-order valence-corrected chi connectivity index (χ1v) is 6.56. The van der Waals surface area contributed by atoms with Crippen molar-refractivity contribution in [2.45, 2.75) is 46.1 Å². The summed E-state index contributed by atoms with van der Waals surface area (Å²) in [4.78, 5) is 0. The number of ether oxygens (including phenoxy) is 1. The van der Waals surface area contributed by atoms with E-state index >= 15 is 0 Å². The van der Waals surface area contributed by atoms with Gasteiger partial charge in [-0.3, -0.25) is 0 Å². The first-order chi connectivity index (χ1) is 7.52. The third-order valence-electron chi connectivity index (χ3n) is 3.68. The molecule has 1 saturated heterocycles. The molecular weight excluding hydrogens is 200 g/mol. The Morgan fingerprint density at radius 2 is 2.00 bits per heavy atom. The SMILES string of the molecule is CC(N)CCNCC(C)(C)C1CCOCC1. The zero-order valence-electron chi connectivity index (χ0n) is 11.1. The molecule has 0 aromatic carbocycles. The molecule has 96 valence electrons. The molecule has 1 heterocycles. The lowest BCUT2D eigenvalue weighted by Gasteiger charge is -2.37. The number of nitrogens with two attached hydrogens (primary N) is 1. The van der Waals surface area contributed by atoms with Gasteiger partial charge in [0.1, 0.15) is 0 Å². The van der Waals surface area contributed by atoms with Crippen LogP contribution < -0.4 is 11.1 Å². The van der Waals surface area contributed by atoms with Gasteiger partial charge in [-0.15, -0.1) is 0 Å². The minimum Gasteiger partial charge on any atom is -0.381 e. The summed E-state index contributed by atoms with van der Waals surface area (Å²) in [5, 5.41) is 3.53. The van der Waals surface area contributed by atoms with Gasteiger partial charge in [-0.2, -0.15) is 0 Å². The number of hydrogen-bond donors (Lipinski definition) is 2. The van der Waals surface area contributed by atoms with Gasteiger partial charge in [-0.05, 0) is 44.1 Å². The maximum atomic E-state index is 5.73. The van der Waals surface area contributed by atoms with E-state index in [0.717, 1.165) is 38.6 Å². The first kappa shape index (κ1) is 13.9. The molecule has 0 aliphatic carbocycles. The molecule has 16 heavy (non-hydrogen) atoms. The van der Waals surface area contributed by atoms with Crippen LogP contribution in [0.4, 0.5) is 0 Å². The standard InChI is InChI=1S/C13H28N2O/c1-11(14)4-7-15-10-13(2,3)12-5-8-16-9-6-12/h11-12,15H,4-10,14H2,1-3H3. The van der Waals surface area contributed by atoms with Gasteiger partial charge in [0.2, 0.25) is 0 Å². The van der Waals surface area contributed by atoms with E-state index < -0.39 is 0 Å². The molecule has 0 radical (unpaired) electrons. The van der Waals surface area contributed by atoms with Crippen LogP contribution >= 0.6 is 0 Å². The summed E-state index contributed by atoms with van der Waals surface area (Å²) >= 11 is 0. The fourth-order valence-corrected chi connectivity index (χ4v) is 2.36. The van der Waals surface area contributed by atoms with Crippen LogP contribution in [0, 0.1) is 11.3 Å². The second kappa shape index (κ2) is 6.58. The van der Waals surface area contributed by atoms with E-state index in [-0.39, 0.29) is 0 Å². The molecule has 0 amide bonds. The van der Waals surface area contributed by atoms with E-state index in [1.165, 1.54) is 12.8 Å². The minimum absolute atomic E-state index is 0.304. The summed E-state index contributed by atoms with van der Waals surface area (Å²) in [6.07, 6.45) is 3.48. The summed E-state index contributed by atoms with van der Waals surface area (Å²) in [5.74, 6) is 0.795. The van der Waals surface area contributed by atoms with E-state index in [2.05, 4.69) is 26.1 Å². The Bertz CT molecular complexity index is 186. The Hall–Kier alpha value is -0.120. The zero-order chi connectivity index (χ0) is 12.0. The van der Waals surface area contributed by atoms with Crippen molar-refractivity contribution in [1.82, 2.24) is 5.32 Å². The van der Waals surface area contributed by atoms with Crippen molar-refractivity contribution in [3.05, 3.63) is 0 Å². The molecule has 1 rings (SSSR count). The average molecular weight is 228 g/mol. The normalized spacial score (nSPS) is 21.0. The molecule has 0 spiro atoms. The highest BCUT2D eigenvalue weighted by atomic mass is 16.5. The summed E-state index contributed by atoms with van der Waals surface area (Å²) < 4.78 is 5.42. The van der Waals surface area contributed by atoms with Crippen molar-refractivity contribution in [2.24, 2.45) is 17.1 Å². The lowest BCUT2D eigenvalue weighted by atomic mass is 9.74. The van der Waals surface area contributed by atoms with Gasteiger partial charge >= 0.3 is 0 Å². The number of nitrogens with one attached hydrogen (secondary N) is 1. The lowest BCUT2D eigenvalue weighted by Crippen LogP contribution is -2.39. The third kappa shape index (κ3) is 4.81. The fourth-order valence-electron chi connectivity index (χ4n) is 2.36. The summed E-state index contributed by atoms with van der Waals surface area (Å²) in [5.41, 5.74) is 6.11. The maximum absolute atomic E-state index is 5.73. The highest BCUT2D eigenvalue weighted by Crippen LogP contribution is 2.33. The van der Waals surface area contributed by atoms with Crippen LogP contribution in [0.25, 0.3) is 0 Å². The van der Waals surface area contributed by atoms with Gasteiger partial charge in [-0.25, -0.2) is 0 Å². The molecule has 1 aliphatic rings. The predicted octanol–water partition coefficient (Wildman–Crippen LogP) is 1.77. The Kier molecular flexibility index (Phi) is 5.73. The van der Waals surface area contributed by atoms with Crippen LogP contribution in [0.5, 0.6) is 0 Å². The molecule has 3 nitrogen and oxygen atoms in total. The quantitative estimate of drug-likeness (QED) is 0.681. The molecule has 1 unspecified atom stereocenters. The van der Waals surface area contributed by atoms with Gasteiger partial charge in [-0.1, -0.05) is 13.8 Å². The van der Waals surface area contributed by atoms with Gasteiger partial charge in [0.15, 0.2) is 0 Å². The largest absolute Gasteiger partial charge is 0.381 e. The van der Waals surface area contributed by atoms with Crippen molar-refractivity contribution < 1.29 is 4.74 Å². The van der Waals surface area contributed by atoms with E-state index in [1.807, 2.05) is 0 Å². The zero-order valence-corrected chi connectivity index (χ0v) is 11.1. The first-order valence-electron chi connectivity index (χ1n) is 6.56. The van der Waals surface area contributed by atoms with Crippen LogP contribution in [0.3, 0.4) is 0 Å². The highest BCUT2D eigenvalue weighted by molar-refractivity contribution is 4.82. The Balaban J connectivity index is 2.21. The van der Waals surface area contributed by atoms with E-state index in [4.69, 9.17) is 10.5 Å². The topological polar surface area (TPSA) is 47.3 Å². The second-order valence-electron chi connectivity index (χ2n) is 5.82. The molecule has 0 aromatic rings. The number of hydrogen-bond acceptors (Lipinski definition) is 3. The molecule has 0 bridgehead atoms. The number of rotatable bonds is 6. The molecule has 0 aromatic heterocycles. The molecule has 1 atom stereocenters. The molecule has 1 aliphatic heterocycles. The molecule has 3 N–H and O–H groups in total. The van der Waals surface area contributed by atoms with Gasteiger partial charge in [0.05, 0.1) is 0 Å². The van der Waals surface area contributed by atoms with E-state index in [9.17, 15) is 0 Å². The smallest absolute Gasteiger partial charge is 0.0468 e. The molecular formula is C13H28N2O. The molecule has 3 heteroatoms. The summed E-state index contributed by atoms with van der Waals surface area (Å²) in [7, 11) is 0. The van der Waals surface area contributed by atoms with Crippen LogP contribution in [-0.2, 0) is 4.74 Å². The Morgan fingerprint density at radius 1 is 1.38 bits per heavy atom. The van der Waals surface area contributed by atoms with Crippen molar-refractivity contribution in [1.29, 1.82) is 0 Å². The van der Waals surface area contributed by atoms with Crippen LogP contribution in [0.2, 0.25) is 0 Å².